The molecule has 0 bridgehead atoms. The van der Waals surface area contributed by atoms with Crippen LogP contribution in [0, 0.1) is 16.0 Å². The molecular formula is C25H30N4O5. The molecule has 4 rings (SSSR count). The first kappa shape index (κ1) is 23.5. The van der Waals surface area contributed by atoms with Gasteiger partial charge in [0.05, 0.1) is 23.9 Å². The number of rotatable bonds is 7. The summed E-state index contributed by atoms with van der Waals surface area (Å²) in [5, 5.41) is 10.8. The molecule has 2 heterocycles. The molecule has 9 heteroatoms. The Balaban J connectivity index is 1.23. The first-order valence-electron chi connectivity index (χ1n) is 11.7. The fraction of sp³-hybridized carbons (Fsp3) is 0.440. The van der Waals surface area contributed by atoms with Crippen molar-refractivity contribution in [3.8, 4) is 5.75 Å². The van der Waals surface area contributed by atoms with E-state index in [-0.39, 0.29) is 23.4 Å². The summed E-state index contributed by atoms with van der Waals surface area (Å²) < 4.78 is 5.64. The molecular weight excluding hydrogens is 436 g/mol. The number of piperidine rings is 1. The van der Waals surface area contributed by atoms with Crippen molar-refractivity contribution in [2.75, 3.05) is 50.8 Å². The smallest absolute Gasteiger partial charge is 0.269 e. The van der Waals surface area contributed by atoms with Gasteiger partial charge in [-0.25, -0.2) is 0 Å². The number of carbonyl (C=O) groups is 2. The minimum absolute atomic E-state index is 0.0245. The van der Waals surface area contributed by atoms with Gasteiger partial charge in [0.2, 0.25) is 11.8 Å². The number of para-hydroxylation sites is 1. The van der Waals surface area contributed by atoms with E-state index in [1.807, 2.05) is 35.2 Å². The molecule has 2 saturated heterocycles. The summed E-state index contributed by atoms with van der Waals surface area (Å²) in [5.74, 6) is 0.714. The molecule has 0 radical (unpaired) electrons. The second-order valence-electron chi connectivity index (χ2n) is 8.68. The fourth-order valence-corrected chi connectivity index (χ4v) is 4.56. The third kappa shape index (κ3) is 5.84. The lowest BCUT2D eigenvalue weighted by Crippen LogP contribution is -2.53. The third-order valence-electron chi connectivity index (χ3n) is 6.47. The van der Waals surface area contributed by atoms with E-state index < -0.39 is 4.92 Å². The van der Waals surface area contributed by atoms with Crippen LogP contribution in [0.3, 0.4) is 0 Å². The molecule has 0 N–H and O–H groups in total. The van der Waals surface area contributed by atoms with Gasteiger partial charge >= 0.3 is 0 Å². The number of piperazine rings is 1. The highest BCUT2D eigenvalue weighted by Crippen LogP contribution is 2.23. The predicted octanol–water partition coefficient (Wildman–Crippen LogP) is 2.95. The van der Waals surface area contributed by atoms with Crippen molar-refractivity contribution in [2.45, 2.75) is 19.3 Å². The molecule has 9 nitrogen and oxygen atoms in total. The maximum absolute atomic E-state index is 13.2. The number of benzene rings is 2. The number of ether oxygens (including phenoxy) is 1. The Morgan fingerprint density at radius 2 is 1.65 bits per heavy atom. The Morgan fingerprint density at radius 3 is 2.32 bits per heavy atom. The van der Waals surface area contributed by atoms with E-state index in [0.717, 1.165) is 24.3 Å². The maximum Gasteiger partial charge on any atom is 0.269 e. The van der Waals surface area contributed by atoms with Gasteiger partial charge in [-0.05, 0) is 37.1 Å². The Bertz CT molecular complexity index is 990. The summed E-state index contributed by atoms with van der Waals surface area (Å²) in [4.78, 5) is 42.1. The summed E-state index contributed by atoms with van der Waals surface area (Å²) in [6, 6.07) is 15.9. The predicted molar refractivity (Wildman–Crippen MR) is 128 cm³/mol. The number of nitro groups is 1. The van der Waals surface area contributed by atoms with E-state index >= 15 is 0 Å². The standard InChI is InChI=1S/C25H30N4O5/c30-24(12-18-34-23-6-2-1-3-7-23)28-13-4-5-20(19-28)25(31)27-16-14-26(15-17-27)21-8-10-22(11-9-21)29(32)33/h1-3,6-11,20H,4-5,12-19H2. The number of nitrogens with zero attached hydrogens (tertiary/aromatic N) is 4. The topological polar surface area (TPSA) is 96.2 Å². The van der Waals surface area contributed by atoms with E-state index in [4.69, 9.17) is 4.74 Å². The lowest BCUT2D eigenvalue weighted by molar-refractivity contribution is -0.384. The number of hydrogen-bond donors (Lipinski definition) is 0. The van der Waals surface area contributed by atoms with Gasteiger partial charge in [-0.3, -0.25) is 19.7 Å². The molecule has 2 aliphatic rings. The molecule has 1 atom stereocenters. The fourth-order valence-electron chi connectivity index (χ4n) is 4.56. The molecule has 0 aromatic heterocycles. The van der Waals surface area contributed by atoms with Crippen molar-refractivity contribution in [3.63, 3.8) is 0 Å². The average Bonchev–Trinajstić information content (AvgIpc) is 2.89. The monoisotopic (exact) mass is 466 g/mol. The summed E-state index contributed by atoms with van der Waals surface area (Å²) >= 11 is 0. The molecule has 34 heavy (non-hydrogen) atoms. The van der Waals surface area contributed by atoms with Crippen LogP contribution < -0.4 is 9.64 Å². The first-order chi connectivity index (χ1) is 16.5. The van der Waals surface area contributed by atoms with Gasteiger partial charge < -0.3 is 19.4 Å². The van der Waals surface area contributed by atoms with E-state index in [9.17, 15) is 19.7 Å². The van der Waals surface area contributed by atoms with Crippen LogP contribution in [0.5, 0.6) is 5.75 Å². The second kappa shape index (κ2) is 11.0. The highest BCUT2D eigenvalue weighted by atomic mass is 16.6. The lowest BCUT2D eigenvalue weighted by Gasteiger charge is -2.39. The van der Waals surface area contributed by atoms with Crippen LogP contribution in [-0.2, 0) is 9.59 Å². The van der Waals surface area contributed by atoms with Gasteiger partial charge in [0.15, 0.2) is 0 Å². The largest absolute Gasteiger partial charge is 0.493 e. The molecule has 180 valence electrons. The van der Waals surface area contributed by atoms with Gasteiger partial charge in [-0.15, -0.1) is 0 Å². The van der Waals surface area contributed by atoms with Crippen molar-refractivity contribution in [1.29, 1.82) is 0 Å². The molecule has 2 aromatic carbocycles. The van der Waals surface area contributed by atoms with Crippen LogP contribution in [-0.4, -0.2) is 72.4 Å². The number of carbonyl (C=O) groups excluding carboxylic acids is 2. The van der Waals surface area contributed by atoms with Crippen molar-refractivity contribution in [2.24, 2.45) is 5.92 Å². The molecule has 2 aromatic rings. The first-order valence-corrected chi connectivity index (χ1v) is 11.7. The van der Waals surface area contributed by atoms with Gasteiger partial charge in [0.25, 0.3) is 5.69 Å². The van der Waals surface area contributed by atoms with Crippen LogP contribution in [0.25, 0.3) is 0 Å². The highest BCUT2D eigenvalue weighted by Gasteiger charge is 2.32. The van der Waals surface area contributed by atoms with Gasteiger partial charge in [-0.1, -0.05) is 18.2 Å². The third-order valence-corrected chi connectivity index (χ3v) is 6.47. The van der Waals surface area contributed by atoms with Crippen LogP contribution >= 0.6 is 0 Å². The number of hydrogen-bond acceptors (Lipinski definition) is 6. The van der Waals surface area contributed by atoms with Crippen molar-refractivity contribution in [3.05, 3.63) is 64.7 Å². The second-order valence-corrected chi connectivity index (χ2v) is 8.68. The zero-order chi connectivity index (χ0) is 23.9. The minimum Gasteiger partial charge on any atom is -0.493 e. The Hall–Kier alpha value is -3.62. The lowest BCUT2D eigenvalue weighted by atomic mass is 9.96. The summed E-state index contributed by atoms with van der Waals surface area (Å²) in [6.07, 6.45) is 1.92. The number of anilines is 1. The molecule has 0 aliphatic carbocycles. The number of non-ortho nitro benzene ring substituents is 1. The number of likely N-dealkylation sites (tertiary alicyclic amines) is 1. The SMILES string of the molecule is O=C(CCOc1ccccc1)N1CCCC(C(=O)N2CCN(c3ccc([N+](=O)[O-])cc3)CC2)C1. The maximum atomic E-state index is 13.2. The van der Waals surface area contributed by atoms with Crippen LogP contribution in [0.1, 0.15) is 19.3 Å². The summed E-state index contributed by atoms with van der Waals surface area (Å²) in [5.41, 5.74) is 0.991. The van der Waals surface area contributed by atoms with Crippen molar-refractivity contribution >= 4 is 23.2 Å². The number of amides is 2. The molecule has 2 amide bonds. The van der Waals surface area contributed by atoms with Crippen molar-refractivity contribution < 1.29 is 19.2 Å². The van der Waals surface area contributed by atoms with Crippen LogP contribution in [0.4, 0.5) is 11.4 Å². The summed E-state index contributed by atoms with van der Waals surface area (Å²) in [6.45, 7) is 4.03. The van der Waals surface area contributed by atoms with Gasteiger partial charge in [0.1, 0.15) is 5.75 Å². The zero-order valence-corrected chi connectivity index (χ0v) is 19.2. The molecule has 0 spiro atoms. The Kier molecular flexibility index (Phi) is 7.61. The molecule has 2 aliphatic heterocycles. The highest BCUT2D eigenvalue weighted by molar-refractivity contribution is 5.81. The minimum atomic E-state index is -0.408. The summed E-state index contributed by atoms with van der Waals surface area (Å²) in [7, 11) is 0. The van der Waals surface area contributed by atoms with Crippen LogP contribution in [0.2, 0.25) is 0 Å². The Labute approximate surface area is 199 Å². The van der Waals surface area contributed by atoms with E-state index in [1.54, 1.807) is 17.0 Å². The van der Waals surface area contributed by atoms with Gasteiger partial charge in [-0.2, -0.15) is 0 Å². The molecule has 2 fully saturated rings. The molecule has 0 saturated carbocycles. The van der Waals surface area contributed by atoms with Gasteiger partial charge in [0, 0.05) is 57.1 Å². The quantitative estimate of drug-likeness (QED) is 0.460. The van der Waals surface area contributed by atoms with E-state index in [2.05, 4.69) is 4.90 Å². The van der Waals surface area contributed by atoms with E-state index in [0.29, 0.717) is 52.3 Å². The van der Waals surface area contributed by atoms with Crippen molar-refractivity contribution in [1.82, 2.24) is 9.80 Å². The normalized spacial score (nSPS) is 18.5. The molecule has 1 unspecified atom stereocenters. The average molecular weight is 467 g/mol. The zero-order valence-electron chi connectivity index (χ0n) is 19.2. The van der Waals surface area contributed by atoms with E-state index in [1.165, 1.54) is 12.1 Å². The number of nitro benzene ring substituents is 1. The van der Waals surface area contributed by atoms with Crippen LogP contribution in [0.15, 0.2) is 54.6 Å². The Morgan fingerprint density at radius 1 is 0.941 bits per heavy atom.